The van der Waals surface area contributed by atoms with E-state index in [2.05, 4.69) is 27.9 Å². The summed E-state index contributed by atoms with van der Waals surface area (Å²) in [6, 6.07) is 2.10. The Hall–Kier alpha value is -0.830. The zero-order valence-electron chi connectivity index (χ0n) is 9.69. The van der Waals surface area contributed by atoms with Crippen LogP contribution in [-0.4, -0.2) is 28.9 Å². The molecule has 0 radical (unpaired) electrons. The minimum atomic E-state index is 0.686. The molecule has 1 aromatic heterocycles. The van der Waals surface area contributed by atoms with Gasteiger partial charge in [-0.15, -0.1) is 11.6 Å². The molecule has 1 fully saturated rings. The minimum Gasteiger partial charge on any atom is -0.356 e. The van der Waals surface area contributed by atoms with E-state index >= 15 is 0 Å². The Bertz CT molecular complexity index is 335. The molecule has 3 nitrogen and oxygen atoms in total. The third kappa shape index (κ3) is 2.64. The van der Waals surface area contributed by atoms with Gasteiger partial charge < -0.3 is 4.90 Å². The van der Waals surface area contributed by atoms with Gasteiger partial charge in [0.05, 0.1) is 0 Å². The molecule has 88 valence electrons. The summed E-state index contributed by atoms with van der Waals surface area (Å²) in [4.78, 5) is 10.9. The molecule has 0 atom stereocenters. The lowest BCUT2D eigenvalue weighted by Gasteiger charge is -2.31. The maximum absolute atomic E-state index is 5.88. The van der Waals surface area contributed by atoms with Crippen molar-refractivity contribution in [2.24, 2.45) is 5.92 Å². The van der Waals surface area contributed by atoms with Crippen molar-refractivity contribution in [3.63, 3.8) is 0 Å². The van der Waals surface area contributed by atoms with E-state index in [1.165, 1.54) is 12.8 Å². The van der Waals surface area contributed by atoms with Crippen molar-refractivity contribution in [2.45, 2.75) is 26.2 Å². The molecule has 0 N–H and O–H groups in total. The smallest absolute Gasteiger partial charge is 0.132 e. The molecule has 16 heavy (non-hydrogen) atoms. The summed E-state index contributed by atoms with van der Waals surface area (Å²) in [5.41, 5.74) is 1.12. The van der Waals surface area contributed by atoms with Gasteiger partial charge in [0, 0.05) is 30.7 Å². The maximum Gasteiger partial charge on any atom is 0.132 e. The Balaban J connectivity index is 2.02. The monoisotopic (exact) mass is 239 g/mol. The Labute approximate surface area is 102 Å². The summed E-state index contributed by atoms with van der Waals surface area (Å²) < 4.78 is 0. The molecule has 0 saturated carbocycles. The van der Waals surface area contributed by atoms with E-state index in [9.17, 15) is 0 Å². The average Bonchev–Trinajstić information content (AvgIpc) is 2.39. The zero-order valence-corrected chi connectivity index (χ0v) is 10.5. The Morgan fingerprint density at radius 3 is 2.75 bits per heavy atom. The number of alkyl halides is 1. The predicted molar refractivity (Wildman–Crippen MR) is 67.1 cm³/mol. The lowest BCUT2D eigenvalue weighted by atomic mass is 9.99. The lowest BCUT2D eigenvalue weighted by Crippen LogP contribution is -2.34. The summed E-state index contributed by atoms with van der Waals surface area (Å²) in [7, 11) is 0. The van der Waals surface area contributed by atoms with Gasteiger partial charge >= 0.3 is 0 Å². The summed E-state index contributed by atoms with van der Waals surface area (Å²) in [5, 5.41) is 0. The van der Waals surface area contributed by atoms with Crippen molar-refractivity contribution < 1.29 is 0 Å². The first-order valence-corrected chi connectivity index (χ1v) is 6.48. The first kappa shape index (κ1) is 11.6. The quantitative estimate of drug-likeness (QED) is 0.759. The van der Waals surface area contributed by atoms with Crippen LogP contribution in [0.25, 0.3) is 0 Å². The van der Waals surface area contributed by atoms with Crippen molar-refractivity contribution in [3.05, 3.63) is 18.1 Å². The number of aromatic nitrogens is 2. The van der Waals surface area contributed by atoms with E-state index < -0.39 is 0 Å². The van der Waals surface area contributed by atoms with Crippen LogP contribution in [0.3, 0.4) is 0 Å². The number of hydrogen-bond acceptors (Lipinski definition) is 3. The summed E-state index contributed by atoms with van der Waals surface area (Å²) in [6.07, 6.45) is 4.99. The molecule has 2 heterocycles. The van der Waals surface area contributed by atoms with Crippen molar-refractivity contribution in [3.8, 4) is 0 Å². The first-order valence-electron chi connectivity index (χ1n) is 5.95. The van der Waals surface area contributed by atoms with Crippen LogP contribution in [0.1, 0.15) is 25.5 Å². The number of anilines is 1. The third-order valence-electron chi connectivity index (χ3n) is 3.23. The summed E-state index contributed by atoms with van der Waals surface area (Å²) >= 11 is 5.88. The van der Waals surface area contributed by atoms with Crippen LogP contribution in [0, 0.1) is 5.92 Å². The SMILES string of the molecule is CCc1cc(N2CCC(CCl)CC2)ncn1. The van der Waals surface area contributed by atoms with Crippen LogP contribution in [0.5, 0.6) is 0 Å². The van der Waals surface area contributed by atoms with Gasteiger partial charge in [-0.3, -0.25) is 0 Å². The largest absolute Gasteiger partial charge is 0.356 e. The standard InChI is InChI=1S/C12H18ClN3/c1-2-11-7-12(15-9-14-11)16-5-3-10(8-13)4-6-16/h7,9-10H,2-6,8H2,1H3. The average molecular weight is 240 g/mol. The predicted octanol–water partition coefficient (Wildman–Crippen LogP) is 2.49. The molecule has 0 amide bonds. The molecule has 1 saturated heterocycles. The van der Waals surface area contributed by atoms with E-state index in [0.29, 0.717) is 5.92 Å². The fourth-order valence-corrected chi connectivity index (χ4v) is 2.38. The van der Waals surface area contributed by atoms with Gasteiger partial charge in [-0.1, -0.05) is 6.92 Å². The van der Waals surface area contributed by atoms with E-state index in [0.717, 1.165) is 36.9 Å². The first-order chi connectivity index (χ1) is 7.83. The van der Waals surface area contributed by atoms with E-state index in [1.807, 2.05) is 0 Å². The van der Waals surface area contributed by atoms with Crippen molar-refractivity contribution in [2.75, 3.05) is 23.9 Å². The van der Waals surface area contributed by atoms with Gasteiger partial charge in [-0.2, -0.15) is 0 Å². The molecule has 1 aliphatic rings. The topological polar surface area (TPSA) is 29.0 Å². The molecule has 1 aliphatic heterocycles. The number of hydrogen-bond donors (Lipinski definition) is 0. The fourth-order valence-electron chi connectivity index (χ4n) is 2.07. The van der Waals surface area contributed by atoms with Gasteiger partial charge in [0.1, 0.15) is 12.1 Å². The van der Waals surface area contributed by atoms with Crippen LogP contribution in [0.2, 0.25) is 0 Å². The molecule has 0 spiro atoms. The Morgan fingerprint density at radius 2 is 2.12 bits per heavy atom. The normalized spacial score (nSPS) is 17.8. The number of halogens is 1. The highest BCUT2D eigenvalue weighted by molar-refractivity contribution is 6.18. The zero-order chi connectivity index (χ0) is 11.4. The second-order valence-corrected chi connectivity index (χ2v) is 4.61. The molecule has 0 aliphatic carbocycles. The van der Waals surface area contributed by atoms with Crippen molar-refractivity contribution in [1.82, 2.24) is 9.97 Å². The summed E-state index contributed by atoms with van der Waals surface area (Å²) in [6.45, 7) is 4.25. The highest BCUT2D eigenvalue weighted by Gasteiger charge is 2.19. The van der Waals surface area contributed by atoms with Gasteiger partial charge in [0.25, 0.3) is 0 Å². The fraction of sp³-hybridized carbons (Fsp3) is 0.667. The molecular weight excluding hydrogens is 222 g/mol. The van der Waals surface area contributed by atoms with Crippen molar-refractivity contribution in [1.29, 1.82) is 0 Å². The van der Waals surface area contributed by atoms with Gasteiger partial charge in [0.2, 0.25) is 0 Å². The number of rotatable bonds is 3. The molecule has 0 bridgehead atoms. The number of piperidine rings is 1. The highest BCUT2D eigenvalue weighted by Crippen LogP contribution is 2.22. The third-order valence-corrected chi connectivity index (χ3v) is 3.66. The van der Waals surface area contributed by atoms with Gasteiger partial charge in [0.15, 0.2) is 0 Å². The number of nitrogens with zero attached hydrogens (tertiary/aromatic N) is 3. The van der Waals surface area contributed by atoms with E-state index in [-0.39, 0.29) is 0 Å². The Morgan fingerprint density at radius 1 is 1.38 bits per heavy atom. The van der Waals surface area contributed by atoms with E-state index in [4.69, 9.17) is 11.6 Å². The number of aryl methyl sites for hydroxylation is 1. The second-order valence-electron chi connectivity index (χ2n) is 4.31. The van der Waals surface area contributed by atoms with Crippen LogP contribution >= 0.6 is 11.6 Å². The van der Waals surface area contributed by atoms with Crippen LogP contribution in [0.15, 0.2) is 12.4 Å². The Kier molecular flexibility index (Phi) is 3.99. The molecular formula is C12H18ClN3. The molecule has 4 heteroatoms. The molecule has 0 unspecified atom stereocenters. The van der Waals surface area contributed by atoms with Crippen LogP contribution < -0.4 is 4.90 Å². The van der Waals surface area contributed by atoms with Gasteiger partial charge in [-0.25, -0.2) is 9.97 Å². The maximum atomic E-state index is 5.88. The molecule has 0 aromatic carbocycles. The van der Waals surface area contributed by atoms with E-state index in [1.54, 1.807) is 6.33 Å². The minimum absolute atomic E-state index is 0.686. The van der Waals surface area contributed by atoms with Crippen molar-refractivity contribution >= 4 is 17.4 Å². The highest BCUT2D eigenvalue weighted by atomic mass is 35.5. The van der Waals surface area contributed by atoms with Gasteiger partial charge in [-0.05, 0) is 25.2 Å². The molecule has 1 aromatic rings. The molecule has 2 rings (SSSR count). The van der Waals surface area contributed by atoms with Crippen LogP contribution in [-0.2, 0) is 6.42 Å². The summed E-state index contributed by atoms with van der Waals surface area (Å²) in [5.74, 6) is 2.54. The van der Waals surface area contributed by atoms with Crippen LogP contribution in [0.4, 0.5) is 5.82 Å². The lowest BCUT2D eigenvalue weighted by molar-refractivity contribution is 0.441. The second kappa shape index (κ2) is 5.48.